The molecule has 5 nitrogen and oxygen atoms in total. The number of hydrazone groups is 1. The number of hydrogen-bond donors (Lipinski definition) is 0. The van der Waals surface area contributed by atoms with Crippen molar-refractivity contribution in [2.75, 3.05) is 26.3 Å². The summed E-state index contributed by atoms with van der Waals surface area (Å²) in [5, 5.41) is 11.2. The molecule has 2 heterocycles. The molecule has 1 aromatic heterocycles. The number of para-hydroxylation sites is 1. The van der Waals surface area contributed by atoms with Gasteiger partial charge in [0, 0.05) is 5.56 Å². The molecule has 0 unspecified atom stereocenters. The van der Waals surface area contributed by atoms with Crippen molar-refractivity contribution in [2.45, 2.75) is 13.8 Å². The maximum Gasteiger partial charge on any atom is 0.0689 e. The Morgan fingerprint density at radius 2 is 1.86 bits per heavy atom. The van der Waals surface area contributed by atoms with Gasteiger partial charge in [-0.05, 0) is 26.0 Å². The highest BCUT2D eigenvalue weighted by Crippen LogP contribution is 2.16. The number of morpholine rings is 1. The third kappa shape index (κ3) is 2.97. The molecule has 3 rings (SSSR count). The summed E-state index contributed by atoms with van der Waals surface area (Å²) in [4.78, 5) is 0. The lowest BCUT2D eigenvalue weighted by atomic mass is 10.2. The highest BCUT2D eigenvalue weighted by molar-refractivity contribution is 5.82. The average molecular weight is 284 g/mol. The van der Waals surface area contributed by atoms with E-state index in [0.717, 1.165) is 48.9 Å². The van der Waals surface area contributed by atoms with E-state index >= 15 is 0 Å². The zero-order chi connectivity index (χ0) is 14.7. The second-order valence-electron chi connectivity index (χ2n) is 5.14. The second-order valence-corrected chi connectivity index (χ2v) is 5.14. The number of nitrogens with zero attached hydrogens (tertiary/aromatic N) is 4. The van der Waals surface area contributed by atoms with Crippen LogP contribution in [0.3, 0.4) is 0 Å². The fourth-order valence-corrected chi connectivity index (χ4v) is 2.47. The second kappa shape index (κ2) is 6.10. The Morgan fingerprint density at radius 1 is 1.14 bits per heavy atom. The fraction of sp³-hybridized carbons (Fsp3) is 0.375. The Hall–Kier alpha value is -2.14. The number of aromatic nitrogens is 2. The molecule has 0 amide bonds. The number of hydrogen-bond acceptors (Lipinski definition) is 4. The van der Waals surface area contributed by atoms with Gasteiger partial charge in [0.2, 0.25) is 0 Å². The summed E-state index contributed by atoms with van der Waals surface area (Å²) >= 11 is 0. The summed E-state index contributed by atoms with van der Waals surface area (Å²) in [6.45, 7) is 7.29. The van der Waals surface area contributed by atoms with Gasteiger partial charge < -0.3 is 4.74 Å². The van der Waals surface area contributed by atoms with Gasteiger partial charge in [-0.25, -0.2) is 4.68 Å². The zero-order valence-electron chi connectivity index (χ0n) is 12.5. The third-order valence-electron chi connectivity index (χ3n) is 3.69. The van der Waals surface area contributed by atoms with Crippen molar-refractivity contribution in [1.29, 1.82) is 0 Å². The molecule has 0 atom stereocenters. The molecule has 1 aliphatic heterocycles. The topological polar surface area (TPSA) is 42.7 Å². The zero-order valence-corrected chi connectivity index (χ0v) is 12.5. The summed E-state index contributed by atoms with van der Waals surface area (Å²) in [5.74, 6) is 0. The molecule has 0 bridgehead atoms. The van der Waals surface area contributed by atoms with Crippen LogP contribution >= 0.6 is 0 Å². The predicted molar refractivity (Wildman–Crippen MR) is 83.0 cm³/mol. The normalized spacial score (nSPS) is 15.8. The SMILES string of the molecule is Cc1nn(-c2ccccc2)c(C)c1C=NN1CCOCC1. The van der Waals surface area contributed by atoms with Crippen molar-refractivity contribution in [1.82, 2.24) is 14.8 Å². The van der Waals surface area contributed by atoms with E-state index in [1.165, 1.54) is 0 Å². The fourth-order valence-electron chi connectivity index (χ4n) is 2.47. The van der Waals surface area contributed by atoms with Gasteiger partial charge in [0.25, 0.3) is 0 Å². The molecular weight excluding hydrogens is 264 g/mol. The first-order valence-corrected chi connectivity index (χ1v) is 7.24. The van der Waals surface area contributed by atoms with Gasteiger partial charge in [-0.1, -0.05) is 18.2 Å². The molecule has 0 aliphatic carbocycles. The Bertz CT molecular complexity index is 627. The smallest absolute Gasteiger partial charge is 0.0689 e. The molecule has 2 aromatic rings. The molecule has 1 aliphatic rings. The highest BCUT2D eigenvalue weighted by atomic mass is 16.5. The van der Waals surface area contributed by atoms with Crippen molar-refractivity contribution in [2.24, 2.45) is 5.10 Å². The van der Waals surface area contributed by atoms with Crippen LogP contribution in [0.4, 0.5) is 0 Å². The lowest BCUT2D eigenvalue weighted by molar-refractivity contribution is 0.0397. The van der Waals surface area contributed by atoms with Crippen LogP contribution in [0.2, 0.25) is 0 Å². The van der Waals surface area contributed by atoms with E-state index in [0.29, 0.717) is 0 Å². The number of aryl methyl sites for hydroxylation is 1. The van der Waals surface area contributed by atoms with Crippen molar-refractivity contribution in [3.05, 3.63) is 47.3 Å². The first-order valence-electron chi connectivity index (χ1n) is 7.24. The van der Waals surface area contributed by atoms with E-state index in [9.17, 15) is 0 Å². The molecule has 1 fully saturated rings. The standard InChI is InChI=1S/C16H20N4O/c1-13-16(12-17-19-8-10-21-11-9-19)14(2)20(18-13)15-6-4-3-5-7-15/h3-7,12H,8-11H2,1-2H3. The minimum atomic E-state index is 0.749. The summed E-state index contributed by atoms with van der Waals surface area (Å²) in [7, 11) is 0. The quantitative estimate of drug-likeness (QED) is 0.811. The Balaban J connectivity index is 1.86. The first kappa shape index (κ1) is 13.8. The highest BCUT2D eigenvalue weighted by Gasteiger charge is 2.12. The van der Waals surface area contributed by atoms with Crippen LogP contribution in [-0.2, 0) is 4.74 Å². The first-order chi connectivity index (χ1) is 10.3. The summed E-state index contributed by atoms with van der Waals surface area (Å²) in [5.41, 5.74) is 4.26. The van der Waals surface area contributed by atoms with Gasteiger partial charge in [0.15, 0.2) is 0 Å². The van der Waals surface area contributed by atoms with E-state index in [1.807, 2.05) is 41.0 Å². The Labute approximate surface area is 124 Å². The lowest BCUT2D eigenvalue weighted by Crippen LogP contribution is -2.32. The van der Waals surface area contributed by atoms with Crippen LogP contribution < -0.4 is 0 Å². The average Bonchev–Trinajstić information content (AvgIpc) is 2.82. The van der Waals surface area contributed by atoms with Gasteiger partial charge in [-0.2, -0.15) is 10.2 Å². The molecule has 0 radical (unpaired) electrons. The van der Waals surface area contributed by atoms with Crippen LogP contribution in [0.15, 0.2) is 35.4 Å². The van der Waals surface area contributed by atoms with Gasteiger partial charge >= 0.3 is 0 Å². The molecule has 0 spiro atoms. The van der Waals surface area contributed by atoms with E-state index in [1.54, 1.807) is 0 Å². The maximum atomic E-state index is 5.33. The summed E-state index contributed by atoms with van der Waals surface area (Å²) in [6.07, 6.45) is 1.92. The van der Waals surface area contributed by atoms with Gasteiger partial charge in [0.05, 0.1) is 49.6 Å². The molecular formula is C16H20N4O. The maximum absolute atomic E-state index is 5.33. The number of benzene rings is 1. The Kier molecular flexibility index (Phi) is 4.01. The van der Waals surface area contributed by atoms with Crippen LogP contribution in [-0.4, -0.2) is 47.3 Å². The molecule has 0 saturated carbocycles. The minimum absolute atomic E-state index is 0.749. The largest absolute Gasteiger partial charge is 0.378 e. The van der Waals surface area contributed by atoms with E-state index in [2.05, 4.69) is 29.3 Å². The molecule has 5 heteroatoms. The van der Waals surface area contributed by atoms with Gasteiger partial charge in [-0.15, -0.1) is 0 Å². The van der Waals surface area contributed by atoms with Crippen molar-refractivity contribution >= 4 is 6.21 Å². The van der Waals surface area contributed by atoms with Crippen molar-refractivity contribution in [3.63, 3.8) is 0 Å². The van der Waals surface area contributed by atoms with Crippen molar-refractivity contribution in [3.8, 4) is 5.69 Å². The van der Waals surface area contributed by atoms with Crippen LogP contribution in [0.5, 0.6) is 0 Å². The van der Waals surface area contributed by atoms with E-state index in [4.69, 9.17) is 4.74 Å². The van der Waals surface area contributed by atoms with Crippen molar-refractivity contribution < 1.29 is 4.74 Å². The molecule has 110 valence electrons. The molecule has 21 heavy (non-hydrogen) atoms. The lowest BCUT2D eigenvalue weighted by Gasteiger charge is -2.23. The summed E-state index contributed by atoms with van der Waals surface area (Å²) < 4.78 is 7.30. The molecule has 0 N–H and O–H groups in total. The van der Waals surface area contributed by atoms with Gasteiger partial charge in [-0.3, -0.25) is 5.01 Å². The monoisotopic (exact) mass is 284 g/mol. The summed E-state index contributed by atoms with van der Waals surface area (Å²) in [6, 6.07) is 10.2. The van der Waals surface area contributed by atoms with Crippen LogP contribution in [0, 0.1) is 13.8 Å². The molecule has 1 aromatic carbocycles. The third-order valence-corrected chi connectivity index (χ3v) is 3.69. The van der Waals surface area contributed by atoms with Crippen LogP contribution in [0.1, 0.15) is 17.0 Å². The Morgan fingerprint density at radius 3 is 2.57 bits per heavy atom. The van der Waals surface area contributed by atoms with E-state index in [-0.39, 0.29) is 0 Å². The minimum Gasteiger partial charge on any atom is -0.378 e. The molecule has 1 saturated heterocycles. The predicted octanol–water partition coefficient (Wildman–Crippen LogP) is 2.16. The number of ether oxygens (including phenoxy) is 1. The van der Waals surface area contributed by atoms with E-state index < -0.39 is 0 Å². The number of rotatable bonds is 3. The van der Waals surface area contributed by atoms with Crippen LogP contribution in [0.25, 0.3) is 5.69 Å². The van der Waals surface area contributed by atoms with Gasteiger partial charge in [0.1, 0.15) is 0 Å².